The third kappa shape index (κ3) is 8.15. The third-order valence-electron chi connectivity index (χ3n) is 5.82. The average Bonchev–Trinajstić information content (AvgIpc) is 2.86. The number of amides is 2. The molecule has 2 aromatic rings. The van der Waals surface area contributed by atoms with Crippen LogP contribution in [0.4, 0.5) is 5.69 Å². The van der Waals surface area contributed by atoms with Gasteiger partial charge in [-0.3, -0.25) is 13.9 Å². The van der Waals surface area contributed by atoms with Crippen LogP contribution in [0.1, 0.15) is 32.3 Å². The fourth-order valence-corrected chi connectivity index (χ4v) is 4.54. The first kappa shape index (κ1) is 29.0. The first-order chi connectivity index (χ1) is 17.1. The summed E-state index contributed by atoms with van der Waals surface area (Å²) < 4.78 is 37.1. The van der Waals surface area contributed by atoms with E-state index in [4.69, 9.17) is 9.47 Å². The smallest absolute Gasteiger partial charge is 0.244 e. The van der Waals surface area contributed by atoms with Crippen LogP contribution in [0.5, 0.6) is 11.5 Å². The van der Waals surface area contributed by atoms with Crippen molar-refractivity contribution < 1.29 is 27.5 Å². The Morgan fingerprint density at radius 3 is 2.33 bits per heavy atom. The predicted octanol–water partition coefficient (Wildman–Crippen LogP) is 2.85. The molecule has 0 radical (unpaired) electrons. The summed E-state index contributed by atoms with van der Waals surface area (Å²) in [7, 11) is -0.963. The Bertz CT molecular complexity index is 1110. The van der Waals surface area contributed by atoms with Crippen molar-refractivity contribution >= 4 is 27.5 Å². The highest BCUT2D eigenvalue weighted by molar-refractivity contribution is 7.92. The number of sulfonamides is 1. The number of methoxy groups -OCH3 is 2. The van der Waals surface area contributed by atoms with E-state index < -0.39 is 28.5 Å². The van der Waals surface area contributed by atoms with Crippen LogP contribution in [0.15, 0.2) is 48.5 Å². The van der Waals surface area contributed by atoms with E-state index in [1.54, 1.807) is 19.1 Å². The van der Waals surface area contributed by atoms with Crippen molar-refractivity contribution in [3.63, 3.8) is 0 Å². The zero-order valence-corrected chi connectivity index (χ0v) is 22.5. The summed E-state index contributed by atoms with van der Waals surface area (Å²) in [5.74, 6) is -0.0452. The normalized spacial score (nSPS) is 11.9. The van der Waals surface area contributed by atoms with Gasteiger partial charge in [0, 0.05) is 19.2 Å². The molecule has 0 heterocycles. The number of hydrogen-bond donors (Lipinski definition) is 1. The Morgan fingerprint density at radius 2 is 1.75 bits per heavy atom. The standard InChI is InChI=1S/C26H37N3O6S/c1-6-7-16-27-26(31)20(2)28(17-15-21-11-9-8-10-12-21)25(30)19-29(36(5,32)33)23-14-13-22(34-3)18-24(23)35-4/h8-14,18,20H,6-7,15-17,19H2,1-5H3,(H,27,31). The predicted molar refractivity (Wildman–Crippen MR) is 141 cm³/mol. The molecule has 2 aromatic carbocycles. The van der Waals surface area contributed by atoms with Gasteiger partial charge in [-0.15, -0.1) is 0 Å². The van der Waals surface area contributed by atoms with Crippen molar-refractivity contribution in [2.24, 2.45) is 0 Å². The minimum Gasteiger partial charge on any atom is -0.497 e. The quantitative estimate of drug-likeness (QED) is 0.385. The van der Waals surface area contributed by atoms with Crippen molar-refractivity contribution in [3.05, 3.63) is 54.1 Å². The molecule has 0 bridgehead atoms. The molecule has 0 aliphatic rings. The third-order valence-corrected chi connectivity index (χ3v) is 6.94. The Labute approximate surface area is 214 Å². The summed E-state index contributed by atoms with van der Waals surface area (Å²) in [6.45, 7) is 3.96. The second-order valence-electron chi connectivity index (χ2n) is 8.45. The number of anilines is 1. The van der Waals surface area contributed by atoms with Crippen molar-refractivity contribution in [1.82, 2.24) is 10.2 Å². The number of nitrogens with one attached hydrogen (secondary N) is 1. The van der Waals surface area contributed by atoms with Gasteiger partial charge >= 0.3 is 0 Å². The van der Waals surface area contributed by atoms with Crippen LogP contribution >= 0.6 is 0 Å². The molecule has 36 heavy (non-hydrogen) atoms. The van der Waals surface area contributed by atoms with Gasteiger partial charge in [0.1, 0.15) is 24.1 Å². The summed E-state index contributed by atoms with van der Waals surface area (Å²) in [6, 6.07) is 13.5. The molecule has 1 unspecified atom stereocenters. The largest absolute Gasteiger partial charge is 0.497 e. The van der Waals surface area contributed by atoms with Crippen molar-refractivity contribution in [2.75, 3.05) is 44.4 Å². The molecule has 2 rings (SSSR count). The number of ether oxygens (including phenoxy) is 2. The second-order valence-corrected chi connectivity index (χ2v) is 10.4. The highest BCUT2D eigenvalue weighted by atomic mass is 32.2. The average molecular weight is 520 g/mol. The van der Waals surface area contributed by atoms with E-state index in [1.165, 1.54) is 25.2 Å². The SMILES string of the molecule is CCCCNC(=O)C(C)N(CCc1ccccc1)C(=O)CN(c1ccc(OC)cc1OC)S(C)(=O)=O. The minimum atomic E-state index is -3.86. The Balaban J connectivity index is 2.35. The number of hydrogen-bond acceptors (Lipinski definition) is 6. The number of rotatable bonds is 14. The maximum atomic E-state index is 13.6. The molecule has 9 nitrogen and oxygen atoms in total. The fraction of sp³-hybridized carbons (Fsp3) is 0.462. The van der Waals surface area contributed by atoms with Crippen molar-refractivity contribution in [2.45, 2.75) is 39.2 Å². The lowest BCUT2D eigenvalue weighted by Crippen LogP contribution is -2.52. The number of unbranched alkanes of at least 4 members (excludes halogenated alkanes) is 1. The molecule has 1 N–H and O–H groups in total. The Hall–Kier alpha value is -3.27. The zero-order chi connectivity index (χ0) is 26.7. The molecule has 0 aromatic heterocycles. The maximum absolute atomic E-state index is 13.6. The van der Waals surface area contributed by atoms with E-state index in [9.17, 15) is 18.0 Å². The molecule has 0 fully saturated rings. The van der Waals surface area contributed by atoms with Crippen LogP contribution in [0.2, 0.25) is 0 Å². The molecule has 0 saturated carbocycles. The molecule has 0 spiro atoms. The molecule has 0 aliphatic heterocycles. The van der Waals surface area contributed by atoms with E-state index >= 15 is 0 Å². The monoisotopic (exact) mass is 519 g/mol. The molecule has 198 valence electrons. The van der Waals surface area contributed by atoms with Crippen LogP contribution in [-0.2, 0) is 26.0 Å². The summed E-state index contributed by atoms with van der Waals surface area (Å²) in [4.78, 5) is 27.8. The highest BCUT2D eigenvalue weighted by Gasteiger charge is 2.31. The first-order valence-corrected chi connectivity index (χ1v) is 13.8. The van der Waals surface area contributed by atoms with E-state index in [0.717, 1.165) is 29.0 Å². The molecule has 10 heteroatoms. The van der Waals surface area contributed by atoms with Gasteiger partial charge in [0.15, 0.2) is 0 Å². The molecular weight excluding hydrogens is 482 g/mol. The van der Waals surface area contributed by atoms with Gasteiger partial charge in [-0.1, -0.05) is 43.7 Å². The van der Waals surface area contributed by atoms with Gasteiger partial charge in [-0.25, -0.2) is 8.42 Å². The van der Waals surface area contributed by atoms with E-state index in [0.29, 0.717) is 18.7 Å². The number of carbonyl (C=O) groups is 2. The maximum Gasteiger partial charge on any atom is 0.244 e. The van der Waals surface area contributed by atoms with Gasteiger partial charge in [0.05, 0.1) is 26.2 Å². The second kappa shape index (κ2) is 13.7. The van der Waals surface area contributed by atoms with E-state index in [1.807, 2.05) is 37.3 Å². The molecular formula is C26H37N3O6S. The lowest BCUT2D eigenvalue weighted by atomic mass is 10.1. The zero-order valence-electron chi connectivity index (χ0n) is 21.7. The highest BCUT2D eigenvalue weighted by Crippen LogP contribution is 2.33. The van der Waals surface area contributed by atoms with E-state index in [-0.39, 0.29) is 23.9 Å². The fourth-order valence-electron chi connectivity index (χ4n) is 3.69. The topological polar surface area (TPSA) is 105 Å². The summed E-state index contributed by atoms with van der Waals surface area (Å²) in [6.07, 6.45) is 3.30. The van der Waals surface area contributed by atoms with Crippen LogP contribution in [0.3, 0.4) is 0 Å². The van der Waals surface area contributed by atoms with Crippen LogP contribution in [0, 0.1) is 0 Å². The van der Waals surface area contributed by atoms with E-state index in [2.05, 4.69) is 5.32 Å². The number of benzene rings is 2. The van der Waals surface area contributed by atoms with Crippen molar-refractivity contribution in [1.29, 1.82) is 0 Å². The first-order valence-electron chi connectivity index (χ1n) is 11.9. The Kier molecular flexibility index (Phi) is 11.0. The molecule has 1 atom stereocenters. The number of nitrogens with zero attached hydrogens (tertiary/aromatic N) is 2. The van der Waals surface area contributed by atoms with Gasteiger partial charge in [-0.2, -0.15) is 0 Å². The van der Waals surface area contributed by atoms with Gasteiger partial charge in [0.2, 0.25) is 21.8 Å². The van der Waals surface area contributed by atoms with Crippen LogP contribution in [-0.4, -0.2) is 71.3 Å². The number of carbonyl (C=O) groups excluding carboxylic acids is 2. The van der Waals surface area contributed by atoms with Gasteiger partial charge < -0.3 is 19.7 Å². The molecule has 0 saturated heterocycles. The van der Waals surface area contributed by atoms with Gasteiger partial charge in [-0.05, 0) is 37.5 Å². The van der Waals surface area contributed by atoms with Crippen molar-refractivity contribution in [3.8, 4) is 11.5 Å². The summed E-state index contributed by atoms with van der Waals surface area (Å²) in [5.41, 5.74) is 1.21. The minimum absolute atomic E-state index is 0.206. The lowest BCUT2D eigenvalue weighted by Gasteiger charge is -2.32. The molecule has 2 amide bonds. The Morgan fingerprint density at radius 1 is 1.06 bits per heavy atom. The van der Waals surface area contributed by atoms with Crippen LogP contribution < -0.4 is 19.1 Å². The summed E-state index contributed by atoms with van der Waals surface area (Å²) in [5, 5.41) is 2.86. The lowest BCUT2D eigenvalue weighted by molar-refractivity contribution is -0.138. The van der Waals surface area contributed by atoms with Crippen LogP contribution in [0.25, 0.3) is 0 Å². The summed E-state index contributed by atoms with van der Waals surface area (Å²) >= 11 is 0. The molecule has 0 aliphatic carbocycles. The van der Waals surface area contributed by atoms with Gasteiger partial charge in [0.25, 0.3) is 0 Å².